The van der Waals surface area contributed by atoms with E-state index >= 15 is 0 Å². The maximum atomic E-state index is 12.1. The molecule has 2 amide bonds. The van der Waals surface area contributed by atoms with Crippen molar-refractivity contribution < 1.29 is 9.53 Å². The molecule has 21 heavy (non-hydrogen) atoms. The lowest BCUT2D eigenvalue weighted by molar-refractivity contribution is 0.233. The summed E-state index contributed by atoms with van der Waals surface area (Å²) in [5.41, 5.74) is 1.36. The first-order valence-corrected chi connectivity index (χ1v) is 7.67. The highest BCUT2D eigenvalue weighted by Crippen LogP contribution is 2.60. The second-order valence-corrected chi connectivity index (χ2v) is 6.30. The largest absolute Gasteiger partial charge is 0.495 e. The minimum absolute atomic E-state index is 0.103. The molecule has 1 atom stereocenters. The number of amides is 2. The molecule has 0 spiro atoms. The van der Waals surface area contributed by atoms with Crippen molar-refractivity contribution in [3.63, 3.8) is 0 Å². The van der Waals surface area contributed by atoms with E-state index in [4.69, 9.17) is 4.74 Å². The van der Waals surface area contributed by atoms with Gasteiger partial charge in [-0.25, -0.2) is 4.79 Å². The summed E-state index contributed by atoms with van der Waals surface area (Å²) in [6.45, 7) is 2.76. The first kappa shape index (κ1) is 14.2. The minimum atomic E-state index is -0.112. The van der Waals surface area contributed by atoms with Crippen LogP contribution in [0.3, 0.4) is 0 Å². The molecule has 0 saturated heterocycles. The van der Waals surface area contributed by atoms with Gasteiger partial charge in [0.1, 0.15) is 5.75 Å². The molecule has 5 nitrogen and oxygen atoms in total. The third kappa shape index (κ3) is 3.12. The molecule has 2 fully saturated rings. The Morgan fingerprint density at radius 2 is 2.29 bits per heavy atom. The van der Waals surface area contributed by atoms with Gasteiger partial charge in [0.05, 0.1) is 19.3 Å². The van der Waals surface area contributed by atoms with Crippen LogP contribution in [0.4, 0.5) is 4.79 Å². The number of carbonyl (C=O) groups excluding carboxylic acids is 1. The lowest BCUT2D eigenvalue weighted by Crippen LogP contribution is -2.40. The standard InChI is InChI=1S/C16H23N3O2/c1-11(13-5-8-17-9-14(13)21-2)19-15(20)18-10-16(6-7-16)12-3-4-12/h5,8-9,11-12H,3-4,6-7,10H2,1-2H3,(H2,18,19,20)/t11-/m0/s1. The van der Waals surface area contributed by atoms with E-state index in [0.29, 0.717) is 11.2 Å². The van der Waals surface area contributed by atoms with Crippen LogP contribution in [0.2, 0.25) is 0 Å². The van der Waals surface area contributed by atoms with Gasteiger partial charge in [-0.3, -0.25) is 4.98 Å². The van der Waals surface area contributed by atoms with Gasteiger partial charge in [-0.05, 0) is 50.0 Å². The lowest BCUT2D eigenvalue weighted by atomic mass is 10.0. The molecule has 114 valence electrons. The predicted octanol–water partition coefficient (Wildman–Crippen LogP) is 2.64. The summed E-state index contributed by atoms with van der Waals surface area (Å²) >= 11 is 0. The fraction of sp³-hybridized carbons (Fsp3) is 0.625. The summed E-state index contributed by atoms with van der Waals surface area (Å²) in [5, 5.41) is 6.01. The highest BCUT2D eigenvalue weighted by molar-refractivity contribution is 5.74. The third-order valence-corrected chi connectivity index (χ3v) is 4.79. The number of rotatable bonds is 6. The van der Waals surface area contributed by atoms with Gasteiger partial charge in [0.2, 0.25) is 0 Å². The first-order chi connectivity index (χ1) is 10.1. The summed E-state index contributed by atoms with van der Waals surface area (Å²) in [4.78, 5) is 16.1. The summed E-state index contributed by atoms with van der Waals surface area (Å²) in [6.07, 6.45) is 8.59. The Kier molecular flexibility index (Phi) is 3.74. The van der Waals surface area contributed by atoms with Crippen LogP contribution >= 0.6 is 0 Å². The first-order valence-electron chi connectivity index (χ1n) is 7.67. The molecule has 3 rings (SSSR count). The van der Waals surface area contributed by atoms with Crippen molar-refractivity contribution in [3.8, 4) is 5.75 Å². The predicted molar refractivity (Wildman–Crippen MR) is 80.1 cm³/mol. The normalized spacial score (nSPS) is 20.5. The van der Waals surface area contributed by atoms with Gasteiger partial charge in [-0.1, -0.05) is 0 Å². The van der Waals surface area contributed by atoms with Crippen LogP contribution in [0, 0.1) is 11.3 Å². The van der Waals surface area contributed by atoms with Gasteiger partial charge in [0.15, 0.2) is 0 Å². The second-order valence-electron chi connectivity index (χ2n) is 6.30. The van der Waals surface area contributed by atoms with Gasteiger partial charge in [-0.2, -0.15) is 0 Å². The van der Waals surface area contributed by atoms with Crippen LogP contribution in [-0.2, 0) is 0 Å². The zero-order valence-corrected chi connectivity index (χ0v) is 12.7. The SMILES string of the molecule is COc1cnccc1[C@H](C)NC(=O)NCC1(C2CC2)CC1. The maximum Gasteiger partial charge on any atom is 0.315 e. The Hall–Kier alpha value is -1.78. The van der Waals surface area contributed by atoms with E-state index in [0.717, 1.165) is 18.0 Å². The van der Waals surface area contributed by atoms with Crippen LogP contribution in [-0.4, -0.2) is 24.7 Å². The molecule has 0 aliphatic heterocycles. The van der Waals surface area contributed by atoms with E-state index in [9.17, 15) is 4.79 Å². The number of methoxy groups -OCH3 is 1. The molecule has 2 N–H and O–H groups in total. The average Bonchev–Trinajstić information content (AvgIpc) is 3.38. The van der Waals surface area contributed by atoms with Crippen LogP contribution in [0.25, 0.3) is 0 Å². The van der Waals surface area contributed by atoms with Gasteiger partial charge in [-0.15, -0.1) is 0 Å². The smallest absolute Gasteiger partial charge is 0.315 e. The Morgan fingerprint density at radius 1 is 1.52 bits per heavy atom. The van der Waals surface area contributed by atoms with Crippen molar-refractivity contribution in [2.24, 2.45) is 11.3 Å². The number of hydrogen-bond acceptors (Lipinski definition) is 3. The fourth-order valence-corrected chi connectivity index (χ4v) is 3.09. The number of aromatic nitrogens is 1. The van der Waals surface area contributed by atoms with E-state index in [1.807, 2.05) is 13.0 Å². The molecule has 2 aliphatic carbocycles. The van der Waals surface area contributed by atoms with Crippen LogP contribution < -0.4 is 15.4 Å². The van der Waals surface area contributed by atoms with E-state index in [2.05, 4.69) is 15.6 Å². The van der Waals surface area contributed by atoms with Gasteiger partial charge in [0.25, 0.3) is 0 Å². The van der Waals surface area contributed by atoms with E-state index in [1.165, 1.54) is 25.7 Å². The average molecular weight is 289 g/mol. The molecule has 0 unspecified atom stereocenters. The van der Waals surface area contributed by atoms with Crippen LogP contribution in [0.1, 0.15) is 44.2 Å². The third-order valence-electron chi connectivity index (χ3n) is 4.79. The van der Waals surface area contributed by atoms with E-state index in [-0.39, 0.29) is 12.1 Å². The molecule has 1 aromatic heterocycles. The lowest BCUT2D eigenvalue weighted by Gasteiger charge is -2.19. The number of ether oxygens (including phenoxy) is 1. The summed E-state index contributed by atoms with van der Waals surface area (Å²) in [6, 6.07) is 1.66. The summed E-state index contributed by atoms with van der Waals surface area (Å²) < 4.78 is 5.28. The Labute approximate surface area is 125 Å². The molecule has 2 aliphatic rings. The monoisotopic (exact) mass is 289 g/mol. The minimum Gasteiger partial charge on any atom is -0.495 e. The van der Waals surface area contributed by atoms with Gasteiger partial charge >= 0.3 is 6.03 Å². The Morgan fingerprint density at radius 3 is 2.90 bits per heavy atom. The van der Waals surface area contributed by atoms with Crippen molar-refractivity contribution in [1.82, 2.24) is 15.6 Å². The van der Waals surface area contributed by atoms with E-state index < -0.39 is 0 Å². The quantitative estimate of drug-likeness (QED) is 0.846. The molecule has 5 heteroatoms. The highest BCUT2D eigenvalue weighted by Gasteiger charge is 2.53. The van der Waals surface area contributed by atoms with Crippen molar-refractivity contribution in [1.29, 1.82) is 0 Å². The van der Waals surface area contributed by atoms with Crippen molar-refractivity contribution in [2.75, 3.05) is 13.7 Å². The van der Waals surface area contributed by atoms with Crippen LogP contribution in [0.15, 0.2) is 18.5 Å². The molecule has 1 aromatic rings. The summed E-state index contributed by atoms with van der Waals surface area (Å²) in [7, 11) is 1.61. The van der Waals surface area contributed by atoms with Crippen LogP contribution in [0.5, 0.6) is 5.75 Å². The zero-order valence-electron chi connectivity index (χ0n) is 12.7. The Bertz CT molecular complexity index is 524. The van der Waals surface area contributed by atoms with Gasteiger partial charge < -0.3 is 15.4 Å². The highest BCUT2D eigenvalue weighted by atomic mass is 16.5. The molecule has 0 radical (unpaired) electrons. The number of hydrogen-bond donors (Lipinski definition) is 2. The number of nitrogens with zero attached hydrogens (tertiary/aromatic N) is 1. The summed E-state index contributed by atoms with van der Waals surface area (Å²) in [5.74, 6) is 1.55. The molecule has 0 aromatic carbocycles. The number of urea groups is 1. The van der Waals surface area contributed by atoms with Crippen molar-refractivity contribution >= 4 is 6.03 Å². The molecule has 0 bridgehead atoms. The molecule has 1 heterocycles. The topological polar surface area (TPSA) is 63.2 Å². The molecular formula is C16H23N3O2. The number of carbonyl (C=O) groups is 1. The fourth-order valence-electron chi connectivity index (χ4n) is 3.09. The van der Waals surface area contributed by atoms with Crippen molar-refractivity contribution in [2.45, 2.75) is 38.6 Å². The maximum absolute atomic E-state index is 12.1. The van der Waals surface area contributed by atoms with E-state index in [1.54, 1.807) is 19.5 Å². The number of nitrogens with one attached hydrogen (secondary N) is 2. The Balaban J connectivity index is 1.52. The number of pyridine rings is 1. The zero-order chi connectivity index (χ0) is 14.9. The molecular weight excluding hydrogens is 266 g/mol. The van der Waals surface area contributed by atoms with Crippen molar-refractivity contribution in [3.05, 3.63) is 24.0 Å². The molecule has 2 saturated carbocycles. The second kappa shape index (κ2) is 5.54. The van der Waals surface area contributed by atoms with Gasteiger partial charge in [0, 0.05) is 18.3 Å².